The highest BCUT2D eigenvalue weighted by Crippen LogP contribution is 2.43. The molecule has 0 unspecified atom stereocenters. The summed E-state index contributed by atoms with van der Waals surface area (Å²) in [7, 11) is 0. The molecule has 1 rings (SSSR count). The van der Waals surface area contributed by atoms with Crippen LogP contribution in [-0.2, 0) is 0 Å². The molecule has 0 aromatic heterocycles. The van der Waals surface area contributed by atoms with Gasteiger partial charge in [-0.1, -0.05) is 12.1 Å². The molecule has 0 bridgehead atoms. The van der Waals surface area contributed by atoms with Crippen molar-refractivity contribution in [2.24, 2.45) is 5.73 Å². The number of carboxylic acid groups (broad SMARTS) is 1. The third-order valence-electron chi connectivity index (χ3n) is 2.29. The number of carbonyl (C=O) groups is 1. The van der Waals surface area contributed by atoms with Crippen molar-refractivity contribution in [3.63, 3.8) is 0 Å². The minimum atomic E-state index is -5.77. The van der Waals surface area contributed by atoms with Gasteiger partial charge in [-0.25, -0.2) is 4.79 Å². The first-order chi connectivity index (χ1) is 8.07. The first-order valence-corrected chi connectivity index (χ1v) is 4.60. The van der Waals surface area contributed by atoms with Gasteiger partial charge in [0.2, 0.25) is 0 Å². The molecule has 0 aliphatic carbocycles. The fourth-order valence-electron chi connectivity index (χ4n) is 1.22. The van der Waals surface area contributed by atoms with Gasteiger partial charge >= 0.3 is 18.1 Å². The standard InChI is InChI=1S/C10H8F5NO2/c11-9(12,10(13,14)15)7(16)5-1-3-6(4-2-5)8(17)18/h1-4,7H,16H2,(H,17,18)/t7-/m0/s1. The summed E-state index contributed by atoms with van der Waals surface area (Å²) in [6.07, 6.45) is -5.77. The summed E-state index contributed by atoms with van der Waals surface area (Å²) < 4.78 is 62.0. The topological polar surface area (TPSA) is 63.3 Å². The molecule has 0 amide bonds. The van der Waals surface area contributed by atoms with Gasteiger partial charge in [-0.15, -0.1) is 0 Å². The number of hydrogen-bond acceptors (Lipinski definition) is 2. The van der Waals surface area contributed by atoms with Crippen LogP contribution in [0.3, 0.4) is 0 Å². The predicted molar refractivity (Wildman–Crippen MR) is 51.3 cm³/mol. The van der Waals surface area contributed by atoms with Crippen LogP contribution >= 0.6 is 0 Å². The molecule has 100 valence electrons. The van der Waals surface area contributed by atoms with Crippen molar-refractivity contribution < 1.29 is 31.9 Å². The van der Waals surface area contributed by atoms with Gasteiger partial charge in [-0.3, -0.25) is 0 Å². The minimum Gasteiger partial charge on any atom is -0.478 e. The maximum Gasteiger partial charge on any atom is 0.455 e. The van der Waals surface area contributed by atoms with E-state index in [1.807, 2.05) is 0 Å². The van der Waals surface area contributed by atoms with Crippen LogP contribution in [0.4, 0.5) is 22.0 Å². The van der Waals surface area contributed by atoms with Crippen LogP contribution in [0.1, 0.15) is 22.0 Å². The number of nitrogens with two attached hydrogens (primary N) is 1. The first kappa shape index (κ1) is 14.4. The number of benzene rings is 1. The Morgan fingerprint density at radius 1 is 1.11 bits per heavy atom. The molecule has 0 heterocycles. The number of halogens is 5. The molecule has 0 fully saturated rings. The number of hydrogen-bond donors (Lipinski definition) is 2. The SMILES string of the molecule is N[C@@H](c1ccc(C(=O)O)cc1)C(F)(F)C(F)(F)F. The fraction of sp³-hybridized carbons (Fsp3) is 0.300. The van der Waals surface area contributed by atoms with E-state index in [0.29, 0.717) is 0 Å². The lowest BCUT2D eigenvalue weighted by molar-refractivity contribution is -0.291. The van der Waals surface area contributed by atoms with E-state index in [1.54, 1.807) is 0 Å². The highest BCUT2D eigenvalue weighted by molar-refractivity contribution is 5.87. The van der Waals surface area contributed by atoms with Crippen molar-refractivity contribution in [3.8, 4) is 0 Å². The largest absolute Gasteiger partial charge is 0.478 e. The fourth-order valence-corrected chi connectivity index (χ4v) is 1.22. The summed E-state index contributed by atoms with van der Waals surface area (Å²) in [5.74, 6) is -6.41. The van der Waals surface area contributed by atoms with Crippen molar-refractivity contribution in [2.75, 3.05) is 0 Å². The molecule has 0 radical (unpaired) electrons. The van der Waals surface area contributed by atoms with Gasteiger partial charge in [0.1, 0.15) is 6.04 Å². The quantitative estimate of drug-likeness (QED) is 0.829. The van der Waals surface area contributed by atoms with Crippen molar-refractivity contribution in [2.45, 2.75) is 18.1 Å². The zero-order valence-electron chi connectivity index (χ0n) is 8.71. The van der Waals surface area contributed by atoms with Gasteiger partial charge in [0.05, 0.1) is 5.56 Å². The Bertz CT molecular complexity index is 441. The van der Waals surface area contributed by atoms with Crippen molar-refractivity contribution in [1.29, 1.82) is 0 Å². The molecule has 1 aromatic carbocycles. The van der Waals surface area contributed by atoms with Crippen LogP contribution in [-0.4, -0.2) is 23.2 Å². The predicted octanol–water partition coefficient (Wildman–Crippen LogP) is 2.58. The molecule has 8 heteroatoms. The molecular weight excluding hydrogens is 261 g/mol. The van der Waals surface area contributed by atoms with Gasteiger partial charge < -0.3 is 10.8 Å². The van der Waals surface area contributed by atoms with Crippen LogP contribution in [0.25, 0.3) is 0 Å². The van der Waals surface area contributed by atoms with E-state index < -0.39 is 29.7 Å². The van der Waals surface area contributed by atoms with Crippen molar-refractivity contribution in [3.05, 3.63) is 35.4 Å². The highest BCUT2D eigenvalue weighted by Gasteiger charge is 2.61. The summed E-state index contributed by atoms with van der Waals surface area (Å²) >= 11 is 0. The smallest absolute Gasteiger partial charge is 0.455 e. The van der Waals surface area contributed by atoms with E-state index in [-0.39, 0.29) is 5.56 Å². The molecule has 0 aliphatic heterocycles. The van der Waals surface area contributed by atoms with Crippen LogP contribution in [0, 0.1) is 0 Å². The molecule has 1 aromatic rings. The van der Waals surface area contributed by atoms with E-state index in [9.17, 15) is 26.7 Å². The second kappa shape index (κ2) is 4.52. The summed E-state index contributed by atoms with van der Waals surface area (Å²) in [6.45, 7) is 0. The molecule has 1 atom stereocenters. The Labute approximate surface area is 98.0 Å². The van der Waals surface area contributed by atoms with Gasteiger partial charge in [-0.2, -0.15) is 22.0 Å². The zero-order valence-corrected chi connectivity index (χ0v) is 8.71. The molecule has 3 N–H and O–H groups in total. The molecule has 18 heavy (non-hydrogen) atoms. The number of rotatable bonds is 3. The van der Waals surface area contributed by atoms with Gasteiger partial charge in [0.25, 0.3) is 0 Å². The Kier molecular flexibility index (Phi) is 3.61. The van der Waals surface area contributed by atoms with Crippen molar-refractivity contribution >= 4 is 5.97 Å². The molecule has 0 aliphatic rings. The average Bonchev–Trinajstić information content (AvgIpc) is 2.26. The third-order valence-corrected chi connectivity index (χ3v) is 2.29. The Hall–Kier alpha value is -1.70. The minimum absolute atomic E-state index is 0.235. The van der Waals surface area contributed by atoms with Crippen LogP contribution in [0.2, 0.25) is 0 Å². The number of alkyl halides is 5. The maximum atomic E-state index is 12.9. The van der Waals surface area contributed by atoms with E-state index >= 15 is 0 Å². The second-order valence-electron chi connectivity index (χ2n) is 3.53. The third kappa shape index (κ3) is 2.58. The van der Waals surface area contributed by atoms with Gasteiger partial charge in [-0.05, 0) is 17.7 Å². The van der Waals surface area contributed by atoms with E-state index in [1.165, 1.54) is 0 Å². The molecule has 3 nitrogen and oxygen atoms in total. The monoisotopic (exact) mass is 269 g/mol. The molecule has 0 saturated heterocycles. The molecule has 0 spiro atoms. The van der Waals surface area contributed by atoms with Crippen LogP contribution in [0.5, 0.6) is 0 Å². The summed E-state index contributed by atoms with van der Waals surface area (Å²) in [5, 5.41) is 8.54. The van der Waals surface area contributed by atoms with Gasteiger partial charge in [0.15, 0.2) is 0 Å². The lowest BCUT2D eigenvalue weighted by Gasteiger charge is -2.25. The van der Waals surface area contributed by atoms with E-state index in [4.69, 9.17) is 10.8 Å². The van der Waals surface area contributed by atoms with E-state index in [2.05, 4.69) is 0 Å². The first-order valence-electron chi connectivity index (χ1n) is 4.60. The van der Waals surface area contributed by atoms with Crippen LogP contribution in [0.15, 0.2) is 24.3 Å². The Balaban J connectivity index is 3.04. The Morgan fingerprint density at radius 2 is 1.56 bits per heavy atom. The summed E-state index contributed by atoms with van der Waals surface area (Å²) in [5.41, 5.74) is 4.13. The lowest BCUT2D eigenvalue weighted by Crippen LogP contribution is -2.45. The van der Waals surface area contributed by atoms with Crippen molar-refractivity contribution in [1.82, 2.24) is 0 Å². The second-order valence-corrected chi connectivity index (χ2v) is 3.53. The highest BCUT2D eigenvalue weighted by atomic mass is 19.4. The van der Waals surface area contributed by atoms with Gasteiger partial charge in [0, 0.05) is 0 Å². The van der Waals surface area contributed by atoms with E-state index in [0.717, 1.165) is 24.3 Å². The maximum absolute atomic E-state index is 12.9. The zero-order chi connectivity index (χ0) is 14.1. The average molecular weight is 269 g/mol. The number of carboxylic acids is 1. The molecule has 0 saturated carbocycles. The molecular formula is C10H8F5NO2. The lowest BCUT2D eigenvalue weighted by atomic mass is 10.00. The summed E-state index contributed by atoms with van der Waals surface area (Å²) in [4.78, 5) is 10.5. The van der Waals surface area contributed by atoms with Crippen LogP contribution < -0.4 is 5.73 Å². The summed E-state index contributed by atoms with van der Waals surface area (Å²) in [6, 6.07) is 0.885. The number of aromatic carboxylic acids is 1. The Morgan fingerprint density at radius 3 is 1.89 bits per heavy atom. The normalized spacial score (nSPS) is 14.3.